The van der Waals surface area contributed by atoms with Gasteiger partial charge in [0.1, 0.15) is 5.01 Å². The molecule has 2 fully saturated rings. The monoisotopic (exact) mass is 361 g/mol. The zero-order valence-electron chi connectivity index (χ0n) is 14.1. The highest BCUT2D eigenvalue weighted by molar-refractivity contribution is 7.09. The van der Waals surface area contributed by atoms with Crippen molar-refractivity contribution in [2.45, 2.75) is 19.5 Å². The summed E-state index contributed by atoms with van der Waals surface area (Å²) in [4.78, 5) is 23.6. The van der Waals surface area contributed by atoms with Gasteiger partial charge in [-0.15, -0.1) is 11.3 Å². The Bertz CT molecular complexity index is 690. The van der Waals surface area contributed by atoms with Crippen molar-refractivity contribution in [2.24, 2.45) is 11.3 Å². The molecule has 2 atom stereocenters. The SMILES string of the molecule is O=C(NCCCn1ccnc1)[C@]12COC[C@H]1CN(Cc1nccs1)C2. The fourth-order valence-corrected chi connectivity index (χ4v) is 4.52. The van der Waals surface area contributed by atoms with Crippen molar-refractivity contribution < 1.29 is 9.53 Å². The van der Waals surface area contributed by atoms with Crippen molar-refractivity contribution >= 4 is 17.2 Å². The van der Waals surface area contributed by atoms with Crippen LogP contribution in [0, 0.1) is 11.3 Å². The highest BCUT2D eigenvalue weighted by Gasteiger charge is 2.55. The number of imidazole rings is 1. The van der Waals surface area contributed by atoms with Gasteiger partial charge in [0.25, 0.3) is 0 Å². The second-order valence-electron chi connectivity index (χ2n) is 6.87. The van der Waals surface area contributed by atoms with E-state index in [4.69, 9.17) is 4.74 Å². The molecule has 0 bridgehead atoms. The van der Waals surface area contributed by atoms with Gasteiger partial charge < -0.3 is 14.6 Å². The van der Waals surface area contributed by atoms with Crippen molar-refractivity contribution in [3.05, 3.63) is 35.3 Å². The largest absolute Gasteiger partial charge is 0.380 e. The summed E-state index contributed by atoms with van der Waals surface area (Å²) in [6, 6.07) is 0. The van der Waals surface area contributed by atoms with Crippen LogP contribution in [-0.2, 0) is 22.6 Å². The van der Waals surface area contributed by atoms with E-state index in [0.29, 0.717) is 19.8 Å². The Morgan fingerprint density at radius 2 is 2.44 bits per heavy atom. The summed E-state index contributed by atoms with van der Waals surface area (Å²) in [6.45, 7) is 5.23. The van der Waals surface area contributed by atoms with Crippen molar-refractivity contribution in [1.82, 2.24) is 24.8 Å². The molecule has 1 N–H and O–H groups in total. The maximum absolute atomic E-state index is 12.9. The van der Waals surface area contributed by atoms with Gasteiger partial charge in [-0.05, 0) is 6.42 Å². The zero-order valence-corrected chi connectivity index (χ0v) is 15.0. The van der Waals surface area contributed by atoms with Crippen LogP contribution in [-0.4, -0.2) is 58.2 Å². The summed E-state index contributed by atoms with van der Waals surface area (Å²) in [5.74, 6) is 0.420. The van der Waals surface area contributed by atoms with Gasteiger partial charge in [-0.3, -0.25) is 9.69 Å². The van der Waals surface area contributed by atoms with E-state index in [0.717, 1.165) is 37.6 Å². The van der Waals surface area contributed by atoms with Crippen LogP contribution >= 0.6 is 11.3 Å². The standard InChI is InChI=1S/C17H23N5O2S/c23-16(20-2-1-5-21-6-3-18-13-21)17-11-22(8-14(17)10-24-12-17)9-15-19-4-7-25-15/h3-4,6-7,13-14H,1-2,5,8-12H2,(H,20,23)/t14-,17-/m1/s1. The second kappa shape index (κ2) is 7.23. The van der Waals surface area contributed by atoms with E-state index in [-0.39, 0.29) is 11.8 Å². The number of likely N-dealkylation sites (tertiary alicyclic amines) is 1. The van der Waals surface area contributed by atoms with Crippen LogP contribution in [0.1, 0.15) is 11.4 Å². The summed E-state index contributed by atoms with van der Waals surface area (Å²) in [5, 5.41) is 6.24. The predicted octanol–water partition coefficient (Wildman–Crippen LogP) is 0.994. The third-order valence-corrected chi connectivity index (χ3v) is 5.94. The Morgan fingerprint density at radius 1 is 1.48 bits per heavy atom. The number of carbonyl (C=O) groups excluding carboxylic acids is 1. The van der Waals surface area contributed by atoms with Gasteiger partial charge in [0.15, 0.2) is 0 Å². The Morgan fingerprint density at radius 3 is 3.24 bits per heavy atom. The molecule has 1 amide bonds. The normalized spacial score (nSPS) is 26.0. The average Bonchev–Trinajstić information content (AvgIpc) is 3.36. The molecule has 2 aliphatic heterocycles. The van der Waals surface area contributed by atoms with Gasteiger partial charge in [0.05, 0.1) is 31.5 Å². The van der Waals surface area contributed by atoms with Crippen LogP contribution in [0.3, 0.4) is 0 Å². The van der Waals surface area contributed by atoms with Crippen LogP contribution in [0.25, 0.3) is 0 Å². The molecule has 0 radical (unpaired) electrons. The fourth-order valence-electron chi connectivity index (χ4n) is 3.86. The van der Waals surface area contributed by atoms with E-state index in [1.54, 1.807) is 23.9 Å². The number of nitrogens with zero attached hydrogens (tertiary/aromatic N) is 4. The number of ether oxygens (including phenoxy) is 1. The molecule has 0 saturated carbocycles. The summed E-state index contributed by atoms with van der Waals surface area (Å²) in [5.41, 5.74) is -0.397. The van der Waals surface area contributed by atoms with Gasteiger partial charge in [-0.1, -0.05) is 0 Å². The molecule has 134 valence electrons. The highest BCUT2D eigenvalue weighted by atomic mass is 32.1. The molecule has 8 heteroatoms. The Balaban J connectivity index is 1.31. The lowest BCUT2D eigenvalue weighted by molar-refractivity contribution is -0.131. The summed E-state index contributed by atoms with van der Waals surface area (Å²) in [7, 11) is 0. The van der Waals surface area contributed by atoms with Crippen LogP contribution in [0.15, 0.2) is 30.3 Å². The maximum atomic E-state index is 12.9. The van der Waals surface area contributed by atoms with Crippen molar-refractivity contribution in [2.75, 3.05) is 32.8 Å². The average molecular weight is 361 g/mol. The minimum absolute atomic E-state index is 0.141. The van der Waals surface area contributed by atoms with E-state index in [1.165, 1.54) is 0 Å². The van der Waals surface area contributed by atoms with Gasteiger partial charge in [-0.2, -0.15) is 0 Å². The van der Waals surface area contributed by atoms with Gasteiger partial charge in [0, 0.05) is 56.1 Å². The number of aromatic nitrogens is 3. The molecular weight excluding hydrogens is 338 g/mol. The summed E-state index contributed by atoms with van der Waals surface area (Å²) in [6.07, 6.45) is 8.24. The molecule has 0 aliphatic carbocycles. The molecule has 2 aliphatic rings. The topological polar surface area (TPSA) is 72.3 Å². The number of aryl methyl sites for hydroxylation is 1. The van der Waals surface area contributed by atoms with Crippen molar-refractivity contribution in [3.63, 3.8) is 0 Å². The molecule has 2 aromatic heterocycles. The van der Waals surface area contributed by atoms with E-state index in [1.807, 2.05) is 22.3 Å². The van der Waals surface area contributed by atoms with E-state index in [9.17, 15) is 4.79 Å². The smallest absolute Gasteiger partial charge is 0.230 e. The minimum Gasteiger partial charge on any atom is -0.380 e. The Labute approximate surface area is 151 Å². The first-order valence-electron chi connectivity index (χ1n) is 8.69. The number of thiazole rings is 1. The van der Waals surface area contributed by atoms with Crippen LogP contribution in [0.2, 0.25) is 0 Å². The molecule has 4 rings (SSSR count). The number of rotatable bonds is 7. The lowest BCUT2D eigenvalue weighted by atomic mass is 9.80. The van der Waals surface area contributed by atoms with E-state index in [2.05, 4.69) is 20.2 Å². The number of carbonyl (C=O) groups is 1. The predicted molar refractivity (Wildman–Crippen MR) is 94.0 cm³/mol. The molecule has 0 spiro atoms. The molecule has 2 saturated heterocycles. The summed E-state index contributed by atoms with van der Waals surface area (Å²) < 4.78 is 7.70. The fraction of sp³-hybridized carbons (Fsp3) is 0.588. The number of hydrogen-bond donors (Lipinski definition) is 1. The summed E-state index contributed by atoms with van der Waals surface area (Å²) >= 11 is 1.67. The second-order valence-corrected chi connectivity index (χ2v) is 7.85. The van der Waals surface area contributed by atoms with Crippen LogP contribution in [0.4, 0.5) is 0 Å². The minimum atomic E-state index is -0.397. The molecule has 0 unspecified atom stereocenters. The first kappa shape index (κ1) is 16.7. The molecule has 0 aromatic carbocycles. The molecule has 7 nitrogen and oxygen atoms in total. The van der Waals surface area contributed by atoms with Crippen molar-refractivity contribution in [1.29, 1.82) is 0 Å². The number of nitrogens with one attached hydrogen (secondary N) is 1. The van der Waals surface area contributed by atoms with Crippen molar-refractivity contribution in [3.8, 4) is 0 Å². The third-order valence-electron chi connectivity index (χ3n) is 5.18. The van der Waals surface area contributed by atoms with E-state index < -0.39 is 5.41 Å². The molecule has 25 heavy (non-hydrogen) atoms. The number of hydrogen-bond acceptors (Lipinski definition) is 6. The van der Waals surface area contributed by atoms with Crippen LogP contribution in [0.5, 0.6) is 0 Å². The lowest BCUT2D eigenvalue weighted by Gasteiger charge is -2.26. The van der Waals surface area contributed by atoms with E-state index >= 15 is 0 Å². The first-order chi connectivity index (χ1) is 12.3. The first-order valence-corrected chi connectivity index (χ1v) is 9.57. The zero-order chi connectivity index (χ0) is 17.1. The maximum Gasteiger partial charge on any atom is 0.230 e. The third kappa shape index (κ3) is 3.47. The van der Waals surface area contributed by atoms with Gasteiger partial charge in [-0.25, -0.2) is 9.97 Å². The lowest BCUT2D eigenvalue weighted by Crippen LogP contribution is -2.47. The molecular formula is C17H23N5O2S. The van der Waals surface area contributed by atoms with Gasteiger partial charge in [0.2, 0.25) is 5.91 Å². The molecule has 2 aromatic rings. The van der Waals surface area contributed by atoms with Gasteiger partial charge >= 0.3 is 0 Å². The number of fused-ring (bicyclic) bond motifs is 1. The molecule has 4 heterocycles. The number of amides is 1. The quantitative estimate of drug-likeness (QED) is 0.745. The Kier molecular flexibility index (Phi) is 4.82. The Hall–Kier alpha value is -1.77. The van der Waals surface area contributed by atoms with Crippen LogP contribution < -0.4 is 5.32 Å². The highest BCUT2D eigenvalue weighted by Crippen LogP contribution is 2.42.